The van der Waals surface area contributed by atoms with Gasteiger partial charge in [-0.05, 0) is 44.7 Å². The van der Waals surface area contributed by atoms with Gasteiger partial charge in [0.1, 0.15) is 11.4 Å². The van der Waals surface area contributed by atoms with Gasteiger partial charge < -0.3 is 21.7 Å². The van der Waals surface area contributed by atoms with Crippen LogP contribution in [-0.2, 0) is 14.4 Å². The number of benzene rings is 1. The maximum absolute atomic E-state index is 12.4. The second kappa shape index (κ2) is 8.24. The molecular formula is C20H24N4O4. The molecule has 0 aromatic heterocycles. The van der Waals surface area contributed by atoms with Crippen LogP contribution in [-0.4, -0.2) is 35.6 Å². The monoisotopic (exact) mass is 384 g/mol. The molecule has 0 unspecified atom stereocenters. The predicted octanol–water partition coefficient (Wildman–Crippen LogP) is 0.412. The van der Waals surface area contributed by atoms with Crippen LogP contribution in [0.15, 0.2) is 35.7 Å². The van der Waals surface area contributed by atoms with E-state index in [1.54, 1.807) is 6.07 Å². The maximum atomic E-state index is 12.4. The lowest BCUT2D eigenvalue weighted by Gasteiger charge is -2.30. The van der Waals surface area contributed by atoms with E-state index in [1.807, 2.05) is 25.1 Å². The lowest BCUT2D eigenvalue weighted by Crippen LogP contribution is -2.48. The molecule has 1 aliphatic heterocycles. The molecular weight excluding hydrogens is 360 g/mol. The number of hydrogen-bond donors (Lipinski definition) is 4. The number of carbonyl (C=O) groups is 4. The Balaban J connectivity index is 1.51. The minimum Gasteiger partial charge on any atom is -0.394 e. The van der Waals surface area contributed by atoms with Crippen molar-refractivity contribution in [2.45, 2.75) is 51.1 Å². The Morgan fingerprint density at radius 3 is 2.25 bits per heavy atom. The van der Waals surface area contributed by atoms with E-state index in [0.29, 0.717) is 18.4 Å². The van der Waals surface area contributed by atoms with Crippen LogP contribution in [0.5, 0.6) is 0 Å². The lowest BCUT2D eigenvalue weighted by atomic mass is 9.90. The SMILES string of the molecule is Cc1cccc(C(=O)NC2CCC(NC(=O)C3=C(N)C(=O)CC(=O)N3)CC2)c1. The standard InChI is InChI=1S/C20H24N4O4/c1-11-3-2-4-12(9-11)19(27)22-13-5-7-14(8-6-13)23-20(28)18-17(21)15(25)10-16(26)24-18/h2-4,9,13-14H,5-8,10,21H2,1H3,(H,22,27)(H,23,28)(H,24,26). The summed E-state index contributed by atoms with van der Waals surface area (Å²) >= 11 is 0. The summed E-state index contributed by atoms with van der Waals surface area (Å²) < 4.78 is 0. The largest absolute Gasteiger partial charge is 0.394 e. The minimum atomic E-state index is -0.550. The second-order valence-electron chi connectivity index (χ2n) is 7.30. The van der Waals surface area contributed by atoms with Crippen LogP contribution in [0, 0.1) is 6.92 Å². The van der Waals surface area contributed by atoms with Gasteiger partial charge in [-0.25, -0.2) is 0 Å². The zero-order valence-corrected chi connectivity index (χ0v) is 15.7. The highest BCUT2D eigenvalue weighted by Crippen LogP contribution is 2.20. The van der Waals surface area contributed by atoms with Crippen LogP contribution >= 0.6 is 0 Å². The van der Waals surface area contributed by atoms with Crippen LogP contribution in [0.4, 0.5) is 0 Å². The number of ketones is 1. The average Bonchev–Trinajstić information content (AvgIpc) is 2.66. The molecule has 8 nitrogen and oxygen atoms in total. The van der Waals surface area contributed by atoms with E-state index >= 15 is 0 Å². The number of rotatable bonds is 4. The van der Waals surface area contributed by atoms with Gasteiger partial charge in [0.05, 0.1) is 6.42 Å². The quantitative estimate of drug-likeness (QED) is 0.559. The first-order valence-electron chi connectivity index (χ1n) is 9.34. The Kier molecular flexibility index (Phi) is 5.77. The summed E-state index contributed by atoms with van der Waals surface area (Å²) in [6.45, 7) is 1.94. The summed E-state index contributed by atoms with van der Waals surface area (Å²) in [6.07, 6.45) is 2.47. The molecule has 5 N–H and O–H groups in total. The molecule has 2 aliphatic rings. The first-order chi connectivity index (χ1) is 13.3. The van der Waals surface area contributed by atoms with Gasteiger partial charge in [0, 0.05) is 17.6 Å². The van der Waals surface area contributed by atoms with Gasteiger partial charge in [-0.1, -0.05) is 17.7 Å². The maximum Gasteiger partial charge on any atom is 0.270 e. The molecule has 0 atom stereocenters. The highest BCUT2D eigenvalue weighted by Gasteiger charge is 2.30. The zero-order valence-electron chi connectivity index (χ0n) is 15.7. The summed E-state index contributed by atoms with van der Waals surface area (Å²) in [6, 6.07) is 7.36. The van der Waals surface area contributed by atoms with Gasteiger partial charge in [0.15, 0.2) is 5.78 Å². The van der Waals surface area contributed by atoms with Crippen molar-refractivity contribution in [1.82, 2.24) is 16.0 Å². The smallest absolute Gasteiger partial charge is 0.270 e. The van der Waals surface area contributed by atoms with Gasteiger partial charge >= 0.3 is 0 Å². The van der Waals surface area contributed by atoms with E-state index in [-0.39, 0.29) is 35.8 Å². The highest BCUT2D eigenvalue weighted by atomic mass is 16.2. The number of carbonyl (C=O) groups excluding carboxylic acids is 4. The third-order valence-corrected chi connectivity index (χ3v) is 5.06. The average molecular weight is 384 g/mol. The molecule has 1 aromatic rings. The Morgan fingerprint density at radius 2 is 1.64 bits per heavy atom. The molecule has 0 radical (unpaired) electrons. The number of allylic oxidation sites excluding steroid dienone is 1. The van der Waals surface area contributed by atoms with Crippen LogP contribution in [0.3, 0.4) is 0 Å². The van der Waals surface area contributed by atoms with E-state index < -0.39 is 17.6 Å². The number of hydrogen-bond acceptors (Lipinski definition) is 5. The van der Waals surface area contributed by atoms with Crippen molar-refractivity contribution in [3.05, 3.63) is 46.8 Å². The van der Waals surface area contributed by atoms with Crippen molar-refractivity contribution in [1.29, 1.82) is 0 Å². The zero-order chi connectivity index (χ0) is 20.3. The summed E-state index contributed by atoms with van der Waals surface area (Å²) in [5.41, 5.74) is 6.92. The van der Waals surface area contributed by atoms with Crippen molar-refractivity contribution in [2.75, 3.05) is 0 Å². The fourth-order valence-electron chi connectivity index (χ4n) is 3.51. The van der Waals surface area contributed by atoms with Crippen LogP contribution in [0.2, 0.25) is 0 Å². The van der Waals surface area contributed by atoms with E-state index in [4.69, 9.17) is 5.73 Å². The van der Waals surface area contributed by atoms with Gasteiger partial charge in [0.2, 0.25) is 5.91 Å². The van der Waals surface area contributed by atoms with Crippen molar-refractivity contribution in [3.63, 3.8) is 0 Å². The lowest BCUT2D eigenvalue weighted by molar-refractivity contribution is -0.129. The topological polar surface area (TPSA) is 130 Å². The first kappa shape index (κ1) is 19.6. The molecule has 3 rings (SSSR count). The van der Waals surface area contributed by atoms with Gasteiger partial charge in [-0.2, -0.15) is 0 Å². The molecule has 0 saturated heterocycles. The van der Waals surface area contributed by atoms with Crippen molar-refractivity contribution in [2.24, 2.45) is 5.73 Å². The molecule has 1 heterocycles. The molecule has 1 aromatic carbocycles. The van der Waals surface area contributed by atoms with Gasteiger partial charge in [0.25, 0.3) is 11.8 Å². The normalized spacial score (nSPS) is 22.5. The fourth-order valence-corrected chi connectivity index (χ4v) is 3.51. The molecule has 148 valence electrons. The van der Waals surface area contributed by atoms with Crippen molar-refractivity contribution < 1.29 is 19.2 Å². The molecule has 3 amide bonds. The predicted molar refractivity (Wildman–Crippen MR) is 102 cm³/mol. The Bertz CT molecular complexity index is 854. The Labute approximate surface area is 162 Å². The summed E-state index contributed by atoms with van der Waals surface area (Å²) in [4.78, 5) is 47.8. The van der Waals surface area contributed by atoms with Crippen molar-refractivity contribution >= 4 is 23.5 Å². The number of nitrogens with two attached hydrogens (primary N) is 1. The first-order valence-corrected chi connectivity index (χ1v) is 9.34. The van der Waals surface area contributed by atoms with Gasteiger partial charge in [-0.3, -0.25) is 19.2 Å². The van der Waals surface area contributed by atoms with E-state index in [2.05, 4.69) is 16.0 Å². The molecule has 0 spiro atoms. The summed E-state index contributed by atoms with van der Waals surface area (Å²) in [5.74, 6) is -1.73. The number of nitrogens with one attached hydrogen (secondary N) is 3. The van der Waals surface area contributed by atoms with Crippen molar-refractivity contribution in [3.8, 4) is 0 Å². The van der Waals surface area contributed by atoms with Crippen LogP contribution < -0.4 is 21.7 Å². The van der Waals surface area contributed by atoms with Gasteiger partial charge in [-0.15, -0.1) is 0 Å². The highest BCUT2D eigenvalue weighted by molar-refractivity contribution is 6.16. The number of amides is 3. The van der Waals surface area contributed by atoms with E-state index in [1.165, 1.54) is 0 Å². The number of Topliss-reactive ketones (excluding diaryl/α,β-unsaturated/α-hetero) is 1. The second-order valence-corrected chi connectivity index (χ2v) is 7.30. The Hall–Kier alpha value is -3.16. The molecule has 0 bridgehead atoms. The van der Waals surface area contributed by atoms with E-state index in [0.717, 1.165) is 18.4 Å². The fraction of sp³-hybridized carbons (Fsp3) is 0.400. The molecule has 8 heteroatoms. The van der Waals surface area contributed by atoms with Crippen LogP contribution in [0.1, 0.15) is 48.0 Å². The molecule has 1 fully saturated rings. The third-order valence-electron chi connectivity index (χ3n) is 5.06. The minimum absolute atomic E-state index is 0.0430. The Morgan fingerprint density at radius 1 is 1.04 bits per heavy atom. The summed E-state index contributed by atoms with van der Waals surface area (Å²) in [7, 11) is 0. The summed E-state index contributed by atoms with van der Waals surface area (Å²) in [5, 5.41) is 8.22. The van der Waals surface area contributed by atoms with Crippen LogP contribution in [0.25, 0.3) is 0 Å². The molecule has 28 heavy (non-hydrogen) atoms. The molecule has 1 saturated carbocycles. The van der Waals surface area contributed by atoms with E-state index in [9.17, 15) is 19.2 Å². The molecule has 1 aliphatic carbocycles. The number of aryl methyl sites for hydroxylation is 1. The third kappa shape index (κ3) is 4.57.